The minimum absolute atomic E-state index is 0.0261. The summed E-state index contributed by atoms with van der Waals surface area (Å²) in [4.78, 5) is 24.0. The molecule has 0 aliphatic carbocycles. The number of carbonyl (C=O) groups excluding carboxylic acids is 1. The largest absolute Gasteiger partial charge is 0.422 e. The molecule has 3 aromatic rings. The van der Waals surface area contributed by atoms with E-state index in [1.807, 2.05) is 13.0 Å². The van der Waals surface area contributed by atoms with E-state index < -0.39 is 11.5 Å². The lowest BCUT2D eigenvalue weighted by Crippen LogP contribution is -2.20. The summed E-state index contributed by atoms with van der Waals surface area (Å²) >= 11 is 0. The summed E-state index contributed by atoms with van der Waals surface area (Å²) in [7, 11) is 0. The monoisotopic (exact) mass is 254 g/mol. The van der Waals surface area contributed by atoms with Gasteiger partial charge in [0.15, 0.2) is 0 Å². The van der Waals surface area contributed by atoms with Gasteiger partial charge in [-0.05, 0) is 24.6 Å². The van der Waals surface area contributed by atoms with E-state index in [-0.39, 0.29) is 5.56 Å². The van der Waals surface area contributed by atoms with Crippen LogP contribution in [0.1, 0.15) is 15.9 Å². The number of carbonyl (C=O) groups is 1. The topological polar surface area (TPSA) is 65.1 Å². The minimum atomic E-state index is -0.656. The van der Waals surface area contributed by atoms with Gasteiger partial charge in [0.2, 0.25) is 0 Å². The predicted molar refractivity (Wildman–Crippen MR) is 69.2 cm³/mol. The first-order chi connectivity index (χ1) is 9.15. The summed E-state index contributed by atoms with van der Waals surface area (Å²) in [5.41, 5.74) is 0.623. The molecule has 0 bridgehead atoms. The normalized spacial score (nSPS) is 10.8. The molecule has 3 rings (SSSR count). The van der Waals surface area contributed by atoms with E-state index in [4.69, 9.17) is 4.42 Å². The number of nitrogens with zero attached hydrogens (tertiary/aromatic N) is 2. The highest BCUT2D eigenvalue weighted by molar-refractivity contribution is 5.97. The van der Waals surface area contributed by atoms with Crippen molar-refractivity contribution in [2.45, 2.75) is 6.92 Å². The van der Waals surface area contributed by atoms with Gasteiger partial charge in [-0.1, -0.05) is 18.2 Å². The van der Waals surface area contributed by atoms with E-state index in [1.165, 1.54) is 6.07 Å². The first-order valence-corrected chi connectivity index (χ1v) is 5.74. The molecule has 0 N–H and O–H groups in total. The number of fused-ring (bicyclic) bond motifs is 1. The SMILES string of the molecule is Cc1cnn(C(=O)c2cc3ccccc3oc2=O)c1. The fourth-order valence-electron chi connectivity index (χ4n) is 1.86. The Morgan fingerprint density at radius 2 is 2.11 bits per heavy atom. The Hall–Kier alpha value is -2.69. The minimum Gasteiger partial charge on any atom is -0.422 e. The van der Waals surface area contributed by atoms with Gasteiger partial charge in [-0.3, -0.25) is 4.79 Å². The van der Waals surface area contributed by atoms with E-state index in [1.54, 1.807) is 30.6 Å². The van der Waals surface area contributed by atoms with Gasteiger partial charge in [0.1, 0.15) is 11.1 Å². The lowest BCUT2D eigenvalue weighted by molar-refractivity contribution is 0.0941. The second-order valence-corrected chi connectivity index (χ2v) is 4.25. The van der Waals surface area contributed by atoms with Crippen molar-refractivity contribution in [2.75, 3.05) is 0 Å². The van der Waals surface area contributed by atoms with Gasteiger partial charge >= 0.3 is 5.63 Å². The Kier molecular flexibility index (Phi) is 2.52. The Morgan fingerprint density at radius 1 is 1.32 bits per heavy atom. The Labute approximate surface area is 108 Å². The molecule has 2 aromatic heterocycles. The smallest absolute Gasteiger partial charge is 0.349 e. The molecular formula is C14H10N2O3. The molecule has 0 atom stereocenters. The highest BCUT2D eigenvalue weighted by Crippen LogP contribution is 2.13. The number of hydrogen-bond donors (Lipinski definition) is 0. The molecule has 0 unspecified atom stereocenters. The van der Waals surface area contributed by atoms with Crippen LogP contribution >= 0.6 is 0 Å². The van der Waals surface area contributed by atoms with Crippen LogP contribution in [-0.2, 0) is 0 Å². The molecule has 0 saturated carbocycles. The van der Waals surface area contributed by atoms with Crippen molar-refractivity contribution in [1.82, 2.24) is 9.78 Å². The molecule has 94 valence electrons. The maximum absolute atomic E-state index is 12.2. The zero-order valence-corrected chi connectivity index (χ0v) is 10.2. The average Bonchev–Trinajstić information content (AvgIpc) is 2.84. The predicted octanol–water partition coefficient (Wildman–Crippen LogP) is 1.99. The maximum Gasteiger partial charge on any atom is 0.349 e. The summed E-state index contributed by atoms with van der Waals surface area (Å²) in [6.07, 6.45) is 3.12. The molecule has 0 amide bonds. The fraction of sp³-hybridized carbons (Fsp3) is 0.0714. The Bertz CT molecular complexity index is 830. The van der Waals surface area contributed by atoms with Crippen LogP contribution in [0.25, 0.3) is 11.0 Å². The van der Waals surface area contributed by atoms with E-state index in [0.717, 1.165) is 10.2 Å². The van der Waals surface area contributed by atoms with E-state index in [0.29, 0.717) is 11.0 Å². The quantitative estimate of drug-likeness (QED) is 0.623. The first kappa shape index (κ1) is 11.4. The number of rotatable bonds is 1. The number of aryl methyl sites for hydroxylation is 1. The van der Waals surface area contributed by atoms with E-state index >= 15 is 0 Å². The van der Waals surface area contributed by atoms with Gasteiger partial charge in [0, 0.05) is 11.6 Å². The van der Waals surface area contributed by atoms with E-state index in [2.05, 4.69) is 5.10 Å². The molecule has 2 heterocycles. The molecule has 19 heavy (non-hydrogen) atoms. The molecule has 0 spiro atoms. The maximum atomic E-state index is 12.2. The third kappa shape index (κ3) is 1.95. The number of hydrogen-bond acceptors (Lipinski definition) is 4. The highest BCUT2D eigenvalue weighted by atomic mass is 16.4. The standard InChI is InChI=1S/C14H10N2O3/c1-9-7-15-16(8-9)13(17)11-6-10-4-2-3-5-12(10)19-14(11)18/h2-8H,1H3. The van der Waals surface area contributed by atoms with E-state index in [9.17, 15) is 9.59 Å². The van der Waals surface area contributed by atoms with Crippen molar-refractivity contribution < 1.29 is 9.21 Å². The zero-order chi connectivity index (χ0) is 13.4. The van der Waals surface area contributed by atoms with Crippen LogP contribution in [-0.4, -0.2) is 15.7 Å². The lowest BCUT2D eigenvalue weighted by Gasteiger charge is -2.01. The average molecular weight is 254 g/mol. The first-order valence-electron chi connectivity index (χ1n) is 5.74. The van der Waals surface area contributed by atoms with Crippen molar-refractivity contribution >= 4 is 16.9 Å². The van der Waals surface area contributed by atoms with Crippen molar-refractivity contribution in [3.05, 3.63) is 64.3 Å². The molecule has 5 nitrogen and oxygen atoms in total. The summed E-state index contributed by atoms with van der Waals surface area (Å²) in [5.74, 6) is -0.493. The molecule has 0 aliphatic heterocycles. The van der Waals surface area contributed by atoms with Crippen molar-refractivity contribution in [1.29, 1.82) is 0 Å². The second-order valence-electron chi connectivity index (χ2n) is 4.25. The van der Waals surface area contributed by atoms with Gasteiger partial charge < -0.3 is 4.42 Å². The fourth-order valence-corrected chi connectivity index (χ4v) is 1.86. The molecule has 0 aliphatic rings. The van der Waals surface area contributed by atoms with Crippen LogP contribution in [0.15, 0.2) is 51.9 Å². The summed E-state index contributed by atoms with van der Waals surface area (Å²) in [5, 5.41) is 4.60. The molecule has 5 heteroatoms. The van der Waals surface area contributed by atoms with Crippen LogP contribution in [0.5, 0.6) is 0 Å². The van der Waals surface area contributed by atoms with Crippen molar-refractivity contribution in [3.8, 4) is 0 Å². The van der Waals surface area contributed by atoms with Gasteiger partial charge in [-0.25, -0.2) is 9.48 Å². The highest BCUT2D eigenvalue weighted by Gasteiger charge is 2.16. The number of para-hydroxylation sites is 1. The second kappa shape index (κ2) is 4.20. The van der Waals surface area contributed by atoms with Crippen LogP contribution in [0, 0.1) is 6.92 Å². The summed E-state index contributed by atoms with van der Waals surface area (Å²) < 4.78 is 6.26. The summed E-state index contributed by atoms with van der Waals surface area (Å²) in [6.45, 7) is 1.82. The summed E-state index contributed by atoms with van der Waals surface area (Å²) in [6, 6.07) is 8.57. The molecule has 0 radical (unpaired) electrons. The molecule has 1 aromatic carbocycles. The third-order valence-electron chi connectivity index (χ3n) is 2.79. The van der Waals surface area contributed by atoms with Crippen molar-refractivity contribution in [2.24, 2.45) is 0 Å². The van der Waals surface area contributed by atoms with Gasteiger partial charge in [-0.2, -0.15) is 5.10 Å². The lowest BCUT2D eigenvalue weighted by atomic mass is 10.2. The molecule has 0 saturated heterocycles. The Morgan fingerprint density at radius 3 is 2.84 bits per heavy atom. The van der Waals surface area contributed by atoms with Gasteiger partial charge in [0.25, 0.3) is 5.91 Å². The van der Waals surface area contributed by atoms with Crippen LogP contribution in [0.2, 0.25) is 0 Å². The number of aromatic nitrogens is 2. The molecular weight excluding hydrogens is 244 g/mol. The van der Waals surface area contributed by atoms with Gasteiger partial charge in [0.05, 0.1) is 6.20 Å². The van der Waals surface area contributed by atoms with Crippen molar-refractivity contribution in [3.63, 3.8) is 0 Å². The number of benzene rings is 1. The van der Waals surface area contributed by atoms with Gasteiger partial charge in [-0.15, -0.1) is 0 Å². The third-order valence-corrected chi connectivity index (χ3v) is 2.79. The van der Waals surface area contributed by atoms with Crippen LogP contribution in [0.3, 0.4) is 0 Å². The molecule has 0 fully saturated rings. The van der Waals surface area contributed by atoms with Crippen LogP contribution in [0.4, 0.5) is 0 Å². The van der Waals surface area contributed by atoms with Crippen LogP contribution < -0.4 is 5.63 Å². The Balaban J connectivity index is 2.17. The zero-order valence-electron chi connectivity index (χ0n) is 10.2.